The fraction of sp³-hybridized carbons (Fsp3) is 0.769. The molecule has 0 amide bonds. The van der Waals surface area contributed by atoms with Gasteiger partial charge < -0.3 is 15.6 Å². The van der Waals surface area contributed by atoms with Gasteiger partial charge in [-0.25, -0.2) is 0 Å². The molecule has 1 fully saturated rings. The van der Waals surface area contributed by atoms with Crippen LogP contribution in [0.2, 0.25) is 0 Å². The zero-order chi connectivity index (χ0) is 13.8. The van der Waals surface area contributed by atoms with E-state index >= 15 is 0 Å². The molecule has 0 saturated carbocycles. The minimum absolute atomic E-state index is 0.232. The number of aromatic nitrogens is 2. The van der Waals surface area contributed by atoms with E-state index in [1.165, 1.54) is 0 Å². The molecule has 1 saturated heterocycles. The smallest absolute Gasteiger partial charge is 0.0862 e. The minimum Gasteiger partial charge on any atom is -0.396 e. The van der Waals surface area contributed by atoms with Crippen LogP contribution in [0, 0.1) is 0 Å². The van der Waals surface area contributed by atoms with Crippen molar-refractivity contribution in [1.82, 2.24) is 14.7 Å². The number of ether oxygens (including phenoxy) is 1. The largest absolute Gasteiger partial charge is 0.396 e. The van der Waals surface area contributed by atoms with Crippen LogP contribution < -0.4 is 5.73 Å². The Bertz CT molecular complexity index is 396. The number of nitrogens with two attached hydrogens (primary N) is 1. The zero-order valence-electron chi connectivity index (χ0n) is 11.7. The van der Waals surface area contributed by atoms with Crippen LogP contribution in [0.5, 0.6) is 0 Å². The van der Waals surface area contributed by atoms with Gasteiger partial charge in [0.25, 0.3) is 0 Å². The van der Waals surface area contributed by atoms with E-state index in [0.29, 0.717) is 24.8 Å². The Labute approximate surface area is 114 Å². The monoisotopic (exact) mass is 268 g/mol. The summed E-state index contributed by atoms with van der Waals surface area (Å²) in [6, 6.07) is 0.397. The SMILES string of the molecule is CCC1COC(C)CN1CC(O)Cn1cc(N)cn1. The number of aliphatic hydroxyl groups excluding tert-OH is 1. The van der Waals surface area contributed by atoms with Crippen LogP contribution in [-0.4, -0.2) is 57.7 Å². The van der Waals surface area contributed by atoms with Crippen LogP contribution in [0.4, 0.5) is 5.69 Å². The number of nitrogens with zero attached hydrogens (tertiary/aromatic N) is 3. The predicted molar refractivity (Wildman–Crippen MR) is 73.7 cm³/mol. The molecule has 3 atom stereocenters. The van der Waals surface area contributed by atoms with Gasteiger partial charge in [-0.2, -0.15) is 5.10 Å². The first kappa shape index (κ1) is 14.3. The van der Waals surface area contributed by atoms with E-state index in [-0.39, 0.29) is 6.10 Å². The second kappa shape index (κ2) is 6.36. The minimum atomic E-state index is -0.446. The number of anilines is 1. The fourth-order valence-electron chi connectivity index (χ4n) is 2.54. The Kier molecular flexibility index (Phi) is 4.79. The van der Waals surface area contributed by atoms with Gasteiger partial charge >= 0.3 is 0 Å². The molecule has 0 bridgehead atoms. The third-order valence-electron chi connectivity index (χ3n) is 3.55. The maximum Gasteiger partial charge on any atom is 0.0862 e. The lowest BCUT2D eigenvalue weighted by Crippen LogP contribution is -2.51. The molecule has 6 nitrogen and oxygen atoms in total. The van der Waals surface area contributed by atoms with E-state index in [4.69, 9.17) is 10.5 Å². The number of β-amino-alcohol motifs (C(OH)–C–C–N with tert-alkyl or cyclic N) is 1. The number of hydrogen-bond acceptors (Lipinski definition) is 5. The van der Waals surface area contributed by atoms with E-state index in [1.54, 1.807) is 17.1 Å². The third kappa shape index (κ3) is 3.92. The van der Waals surface area contributed by atoms with Crippen molar-refractivity contribution < 1.29 is 9.84 Å². The highest BCUT2D eigenvalue weighted by molar-refractivity contribution is 5.30. The van der Waals surface area contributed by atoms with Gasteiger partial charge in [-0.05, 0) is 13.3 Å². The highest BCUT2D eigenvalue weighted by Gasteiger charge is 2.27. The van der Waals surface area contributed by atoms with Gasteiger partial charge in [0.2, 0.25) is 0 Å². The van der Waals surface area contributed by atoms with Crippen molar-refractivity contribution in [3.05, 3.63) is 12.4 Å². The van der Waals surface area contributed by atoms with Crippen molar-refractivity contribution >= 4 is 5.69 Å². The first-order valence-electron chi connectivity index (χ1n) is 6.90. The van der Waals surface area contributed by atoms with E-state index in [9.17, 15) is 5.11 Å². The molecule has 0 spiro atoms. The third-order valence-corrected chi connectivity index (χ3v) is 3.55. The molecule has 1 aliphatic heterocycles. The summed E-state index contributed by atoms with van der Waals surface area (Å²) in [5.41, 5.74) is 6.23. The second-order valence-corrected chi connectivity index (χ2v) is 5.31. The predicted octanol–water partition coefficient (Wildman–Crippen LogP) is 0.326. The molecular formula is C13H24N4O2. The molecule has 3 unspecified atom stereocenters. The fourth-order valence-corrected chi connectivity index (χ4v) is 2.54. The Morgan fingerprint density at radius 1 is 1.58 bits per heavy atom. The van der Waals surface area contributed by atoms with Crippen molar-refractivity contribution in [1.29, 1.82) is 0 Å². The molecule has 0 aliphatic carbocycles. The number of nitrogen functional groups attached to an aromatic ring is 1. The van der Waals surface area contributed by atoms with Crippen LogP contribution in [0.15, 0.2) is 12.4 Å². The summed E-state index contributed by atoms with van der Waals surface area (Å²) in [5, 5.41) is 14.3. The molecule has 6 heteroatoms. The molecule has 2 rings (SSSR count). The van der Waals surface area contributed by atoms with Crippen molar-refractivity contribution in [3.63, 3.8) is 0 Å². The van der Waals surface area contributed by atoms with E-state index in [2.05, 4.69) is 23.8 Å². The molecule has 1 aromatic heterocycles. The van der Waals surface area contributed by atoms with Gasteiger partial charge in [0.05, 0.1) is 37.2 Å². The molecule has 108 valence electrons. The van der Waals surface area contributed by atoms with E-state index in [0.717, 1.165) is 19.6 Å². The summed E-state index contributed by atoms with van der Waals surface area (Å²) in [4.78, 5) is 2.31. The van der Waals surface area contributed by atoms with Crippen LogP contribution in [0.3, 0.4) is 0 Å². The van der Waals surface area contributed by atoms with Crippen LogP contribution in [0.1, 0.15) is 20.3 Å². The number of morpholine rings is 1. The molecular weight excluding hydrogens is 244 g/mol. The highest BCUT2D eigenvalue weighted by atomic mass is 16.5. The lowest BCUT2D eigenvalue weighted by Gasteiger charge is -2.39. The standard InChI is InChI=1S/C13H24N4O2/c1-3-12-9-19-10(2)5-16(12)7-13(18)8-17-6-11(14)4-15-17/h4,6,10,12-13,18H,3,5,7-9,14H2,1-2H3. The summed E-state index contributed by atoms with van der Waals surface area (Å²) in [5.74, 6) is 0. The molecule has 0 radical (unpaired) electrons. The Morgan fingerprint density at radius 2 is 2.37 bits per heavy atom. The quantitative estimate of drug-likeness (QED) is 0.804. The highest BCUT2D eigenvalue weighted by Crippen LogP contribution is 2.15. The number of aliphatic hydroxyl groups is 1. The van der Waals surface area contributed by atoms with E-state index in [1.807, 2.05) is 0 Å². The van der Waals surface area contributed by atoms with Crippen LogP contribution in [-0.2, 0) is 11.3 Å². The average Bonchev–Trinajstić information content (AvgIpc) is 2.75. The van der Waals surface area contributed by atoms with Crippen LogP contribution in [0.25, 0.3) is 0 Å². The second-order valence-electron chi connectivity index (χ2n) is 5.31. The van der Waals surface area contributed by atoms with Crippen molar-refractivity contribution in [2.45, 2.75) is 45.1 Å². The lowest BCUT2D eigenvalue weighted by atomic mass is 10.1. The summed E-state index contributed by atoms with van der Waals surface area (Å²) in [6.07, 6.45) is 4.16. The maximum atomic E-state index is 10.2. The summed E-state index contributed by atoms with van der Waals surface area (Å²) in [6.45, 7) is 6.96. The number of rotatable bonds is 5. The first-order valence-corrected chi connectivity index (χ1v) is 6.90. The van der Waals surface area contributed by atoms with Gasteiger partial charge in [0.15, 0.2) is 0 Å². The average molecular weight is 268 g/mol. The molecule has 3 N–H and O–H groups in total. The lowest BCUT2D eigenvalue weighted by molar-refractivity contribution is -0.0692. The van der Waals surface area contributed by atoms with Gasteiger partial charge in [-0.1, -0.05) is 6.92 Å². The van der Waals surface area contributed by atoms with Gasteiger partial charge in [0.1, 0.15) is 0 Å². The van der Waals surface area contributed by atoms with Crippen LogP contribution >= 0.6 is 0 Å². The summed E-state index contributed by atoms with van der Waals surface area (Å²) >= 11 is 0. The van der Waals surface area contributed by atoms with Crippen molar-refractivity contribution in [3.8, 4) is 0 Å². The van der Waals surface area contributed by atoms with Crippen molar-refractivity contribution in [2.24, 2.45) is 0 Å². The number of hydrogen-bond donors (Lipinski definition) is 2. The molecule has 2 heterocycles. The topological polar surface area (TPSA) is 76.5 Å². The Hall–Kier alpha value is -1.11. The van der Waals surface area contributed by atoms with Gasteiger partial charge in [-0.15, -0.1) is 0 Å². The Balaban J connectivity index is 1.87. The van der Waals surface area contributed by atoms with Crippen molar-refractivity contribution in [2.75, 3.05) is 25.4 Å². The van der Waals surface area contributed by atoms with Gasteiger partial charge in [-0.3, -0.25) is 9.58 Å². The molecule has 1 aromatic rings. The molecule has 0 aromatic carbocycles. The first-order chi connectivity index (χ1) is 9.08. The maximum absolute atomic E-state index is 10.2. The van der Waals surface area contributed by atoms with Gasteiger partial charge in [0, 0.05) is 25.3 Å². The Morgan fingerprint density at radius 3 is 3.00 bits per heavy atom. The van der Waals surface area contributed by atoms with E-state index < -0.39 is 6.10 Å². The molecule has 19 heavy (non-hydrogen) atoms. The summed E-state index contributed by atoms with van der Waals surface area (Å²) in [7, 11) is 0. The normalized spacial score (nSPS) is 26.5. The summed E-state index contributed by atoms with van der Waals surface area (Å²) < 4.78 is 7.34. The zero-order valence-corrected chi connectivity index (χ0v) is 11.7. The molecule has 1 aliphatic rings.